The maximum absolute atomic E-state index is 14.3. The maximum atomic E-state index is 14.3. The molecule has 212 valence electrons. The predicted octanol–water partition coefficient (Wildman–Crippen LogP) is 6.35. The lowest BCUT2D eigenvalue weighted by Gasteiger charge is -2.23. The minimum atomic E-state index is -0.606. The lowest BCUT2D eigenvalue weighted by molar-refractivity contribution is 0.0995. The van der Waals surface area contributed by atoms with E-state index in [1.165, 1.54) is 31.4 Å². The molecule has 0 amide bonds. The molecular weight excluding hydrogens is 566 g/mol. The van der Waals surface area contributed by atoms with Crippen LogP contribution in [0.1, 0.15) is 52.8 Å². The zero-order chi connectivity index (χ0) is 31.4. The van der Waals surface area contributed by atoms with E-state index in [0.29, 0.717) is 22.2 Å². The van der Waals surface area contributed by atoms with Crippen molar-refractivity contribution in [3.8, 4) is 23.6 Å². The highest BCUT2D eigenvalue weighted by molar-refractivity contribution is 6.45. The molecule has 2 aliphatic rings. The Bertz CT molecular complexity index is 2200. The number of ether oxygens (including phenoxy) is 1. The van der Waals surface area contributed by atoms with Crippen LogP contribution in [-0.2, 0) is 0 Å². The molecule has 0 bridgehead atoms. The van der Waals surface area contributed by atoms with E-state index in [2.05, 4.69) is 0 Å². The van der Waals surface area contributed by atoms with Crippen LogP contribution >= 0.6 is 0 Å². The second-order valence-electron chi connectivity index (χ2n) is 10.4. The highest BCUT2D eigenvalue weighted by Crippen LogP contribution is 2.44. The van der Waals surface area contributed by atoms with Gasteiger partial charge in [0.1, 0.15) is 29.0 Å². The number of methoxy groups -OCH3 is 1. The summed E-state index contributed by atoms with van der Waals surface area (Å²) in [7, 11) is 1.51. The molecule has 1 heterocycles. The van der Waals surface area contributed by atoms with Gasteiger partial charge in [-0.3, -0.25) is 19.2 Å². The number of fused-ring (bicyclic) bond motifs is 3. The Morgan fingerprint density at radius 1 is 0.533 bits per heavy atom. The Balaban J connectivity index is 1.67. The first-order valence-corrected chi connectivity index (χ1v) is 13.9. The Hall–Kier alpha value is -6.64. The Labute approximate surface area is 256 Å². The van der Waals surface area contributed by atoms with Crippen molar-refractivity contribution in [2.45, 2.75) is 0 Å². The third kappa shape index (κ3) is 3.84. The molecule has 0 N–H and O–H groups in total. The molecule has 0 spiro atoms. The van der Waals surface area contributed by atoms with Gasteiger partial charge in [0.2, 0.25) is 11.6 Å². The summed E-state index contributed by atoms with van der Waals surface area (Å²) in [5, 5.41) is 21.5. The molecule has 0 saturated carbocycles. The van der Waals surface area contributed by atoms with Gasteiger partial charge in [0.05, 0.1) is 29.6 Å². The van der Waals surface area contributed by atoms with E-state index in [0.717, 1.165) is 0 Å². The summed E-state index contributed by atoms with van der Waals surface area (Å²) in [5.41, 5.74) is 0.315. The van der Waals surface area contributed by atoms with Gasteiger partial charge in [-0.2, -0.15) is 10.5 Å². The number of allylic oxidation sites excluding steroid dienone is 4. The van der Waals surface area contributed by atoms with Crippen molar-refractivity contribution >= 4 is 45.1 Å². The second kappa shape index (κ2) is 10.3. The van der Waals surface area contributed by atoms with Crippen LogP contribution < -0.4 is 4.74 Å². The number of benzene rings is 4. The third-order valence-electron chi connectivity index (χ3n) is 8.15. The van der Waals surface area contributed by atoms with Crippen molar-refractivity contribution in [1.29, 1.82) is 10.5 Å². The Kier molecular flexibility index (Phi) is 6.21. The van der Waals surface area contributed by atoms with E-state index in [1.807, 2.05) is 12.1 Å². The van der Waals surface area contributed by atoms with Gasteiger partial charge in [-0.15, -0.1) is 0 Å². The van der Waals surface area contributed by atoms with E-state index in [4.69, 9.17) is 4.74 Å². The average molecular weight is 586 g/mol. The molecule has 2 aliphatic carbocycles. The first-order valence-electron chi connectivity index (χ1n) is 13.9. The molecule has 0 atom stereocenters. The molecule has 1 aromatic heterocycles. The molecule has 8 heteroatoms. The van der Waals surface area contributed by atoms with Crippen LogP contribution in [0.15, 0.2) is 108 Å². The predicted molar refractivity (Wildman–Crippen MR) is 165 cm³/mol. The van der Waals surface area contributed by atoms with Crippen LogP contribution in [0, 0.1) is 22.7 Å². The van der Waals surface area contributed by atoms with Crippen LogP contribution in [0.25, 0.3) is 27.6 Å². The number of hydrogen-bond donors (Lipinski definition) is 0. The monoisotopic (exact) mass is 585 g/mol. The number of ketones is 4. The van der Waals surface area contributed by atoms with Gasteiger partial charge in [0.25, 0.3) is 0 Å². The standard InChI is InChI=1S/C37H19N3O5/c1-45-21-16-14-20(15-17-21)40-32(30-28(18-38)34(41)24-10-4-6-12-26(24)36(30)43)22-8-2-3-9-23(22)33(40)31-29(19-39)35(42)25-11-5-7-13-27(25)37(31)44/h2-17H,1H3. The number of rotatable bonds is 4. The molecule has 8 nitrogen and oxygen atoms in total. The van der Waals surface area contributed by atoms with E-state index < -0.39 is 23.1 Å². The molecule has 7 rings (SSSR count). The molecule has 45 heavy (non-hydrogen) atoms. The molecule has 0 radical (unpaired) electrons. The van der Waals surface area contributed by atoms with Crippen LogP contribution in [-0.4, -0.2) is 34.8 Å². The van der Waals surface area contributed by atoms with Crippen molar-refractivity contribution in [1.82, 2.24) is 4.57 Å². The maximum Gasteiger partial charge on any atom is 0.205 e. The normalized spacial score (nSPS) is 14.3. The van der Waals surface area contributed by atoms with Gasteiger partial charge in [0, 0.05) is 38.7 Å². The molecule has 0 saturated heterocycles. The summed E-state index contributed by atoms with van der Waals surface area (Å²) < 4.78 is 6.94. The molecule has 5 aromatic rings. The van der Waals surface area contributed by atoms with Gasteiger partial charge >= 0.3 is 0 Å². The van der Waals surface area contributed by atoms with Crippen molar-refractivity contribution in [2.24, 2.45) is 0 Å². The summed E-state index contributed by atoms with van der Waals surface area (Å²) in [4.78, 5) is 55.9. The summed E-state index contributed by atoms with van der Waals surface area (Å²) in [6.45, 7) is 0. The average Bonchev–Trinajstić information content (AvgIpc) is 3.42. The number of nitrogens with zero attached hydrogens (tertiary/aromatic N) is 3. The van der Waals surface area contributed by atoms with E-state index in [1.54, 1.807) is 77.4 Å². The molecule has 0 aliphatic heterocycles. The summed E-state index contributed by atoms with van der Waals surface area (Å²) >= 11 is 0. The minimum absolute atomic E-state index is 0.119. The number of aromatic nitrogens is 1. The lowest BCUT2D eigenvalue weighted by Crippen LogP contribution is -2.24. The van der Waals surface area contributed by atoms with Crippen LogP contribution in [0.3, 0.4) is 0 Å². The third-order valence-corrected chi connectivity index (χ3v) is 8.15. The summed E-state index contributed by atoms with van der Waals surface area (Å²) in [5.74, 6) is -1.77. The zero-order valence-electron chi connectivity index (χ0n) is 23.6. The van der Waals surface area contributed by atoms with E-state index >= 15 is 0 Å². The fourth-order valence-electron chi connectivity index (χ4n) is 6.15. The fraction of sp³-hybridized carbons (Fsp3) is 0.0270. The number of Topliss-reactive ketones (excluding diaryl/α,β-unsaturated/α-hetero) is 4. The summed E-state index contributed by atoms with van der Waals surface area (Å²) in [6, 6.07) is 30.1. The van der Waals surface area contributed by atoms with Crippen molar-refractivity contribution in [3.63, 3.8) is 0 Å². The topological polar surface area (TPSA) is 130 Å². The van der Waals surface area contributed by atoms with Gasteiger partial charge < -0.3 is 9.30 Å². The van der Waals surface area contributed by atoms with Crippen LogP contribution in [0.2, 0.25) is 0 Å². The summed E-state index contributed by atoms with van der Waals surface area (Å²) in [6.07, 6.45) is 0. The van der Waals surface area contributed by atoms with Crippen molar-refractivity contribution in [2.75, 3.05) is 7.11 Å². The SMILES string of the molecule is COc1ccc(-n2c(C3=C(C#N)C(=O)c4ccccc4C3=O)c3ccccc3c2C2=C(C#N)C(=O)c3ccccc3C2=O)cc1. The van der Waals surface area contributed by atoms with Crippen LogP contribution in [0.4, 0.5) is 0 Å². The van der Waals surface area contributed by atoms with Gasteiger partial charge in [0.15, 0.2) is 11.6 Å². The minimum Gasteiger partial charge on any atom is -0.497 e. The van der Waals surface area contributed by atoms with E-state index in [-0.39, 0.29) is 55.9 Å². The van der Waals surface area contributed by atoms with E-state index in [9.17, 15) is 29.7 Å². The second-order valence-corrected chi connectivity index (χ2v) is 10.4. The molecule has 4 aromatic carbocycles. The molecule has 0 unspecified atom stereocenters. The van der Waals surface area contributed by atoms with Gasteiger partial charge in [-0.25, -0.2) is 0 Å². The smallest absolute Gasteiger partial charge is 0.205 e. The number of carbonyl (C=O) groups is 4. The Morgan fingerprint density at radius 2 is 0.911 bits per heavy atom. The number of nitriles is 2. The first-order chi connectivity index (χ1) is 21.9. The fourth-order valence-corrected chi connectivity index (χ4v) is 6.15. The zero-order valence-corrected chi connectivity index (χ0v) is 23.6. The Morgan fingerprint density at radius 3 is 1.29 bits per heavy atom. The first kappa shape index (κ1) is 27.2. The largest absolute Gasteiger partial charge is 0.497 e. The quantitative estimate of drug-likeness (QED) is 0.240. The van der Waals surface area contributed by atoms with Crippen molar-refractivity contribution in [3.05, 3.63) is 142 Å². The van der Waals surface area contributed by atoms with Crippen molar-refractivity contribution < 1.29 is 23.9 Å². The highest BCUT2D eigenvalue weighted by atomic mass is 16.5. The van der Waals surface area contributed by atoms with Gasteiger partial charge in [-0.05, 0) is 24.3 Å². The number of hydrogen-bond acceptors (Lipinski definition) is 7. The molecule has 0 fully saturated rings. The van der Waals surface area contributed by atoms with Crippen LogP contribution in [0.5, 0.6) is 5.75 Å². The highest BCUT2D eigenvalue weighted by Gasteiger charge is 2.40. The van der Waals surface area contributed by atoms with Gasteiger partial charge in [-0.1, -0.05) is 72.8 Å². The molecular formula is C37H19N3O5. The lowest BCUT2D eigenvalue weighted by atomic mass is 9.82. The number of carbonyl (C=O) groups excluding carboxylic acids is 4.